The largest absolute Gasteiger partial charge is 0.466 e. The number of nitrogens with one attached hydrogen (secondary N) is 3. The van der Waals surface area contributed by atoms with Crippen LogP contribution in [0.15, 0.2) is 0 Å². The van der Waals surface area contributed by atoms with Crippen molar-refractivity contribution in [3.63, 3.8) is 0 Å². The molecule has 0 amide bonds. The van der Waals surface area contributed by atoms with Gasteiger partial charge in [0.25, 0.3) is 22.6 Å². The van der Waals surface area contributed by atoms with Crippen LogP contribution < -0.4 is 15.4 Å². The van der Waals surface area contributed by atoms with Crippen LogP contribution >= 0.6 is 7.82 Å². The van der Waals surface area contributed by atoms with Crippen LogP contribution in [-0.4, -0.2) is 37.3 Å². The topological polar surface area (TPSA) is 114 Å². The third-order valence-electron chi connectivity index (χ3n) is 0.500. The summed E-state index contributed by atoms with van der Waals surface area (Å²) in [4.78, 5) is 21.6. The van der Waals surface area contributed by atoms with Gasteiger partial charge in [0.15, 0.2) is 0 Å². The van der Waals surface area contributed by atoms with Crippen molar-refractivity contribution in [1.82, 2.24) is 15.4 Å². The zero-order valence-electron chi connectivity index (χ0n) is 5.43. The van der Waals surface area contributed by atoms with Crippen LogP contribution in [0.5, 0.6) is 0 Å². The molecule has 1 rings (SSSR count). The summed E-state index contributed by atoms with van der Waals surface area (Å²) in [6.45, 7) is 0. The molecule has 0 aromatic carbocycles. The van der Waals surface area contributed by atoms with Crippen LogP contribution in [0.3, 0.4) is 0 Å². The number of phosphoric acid groups is 1. The molecule has 0 spiro atoms. The highest BCUT2D eigenvalue weighted by atomic mass is 31.2. The molecule has 1 heterocycles. The minimum Gasteiger partial charge on any atom is -0.379 e. The first-order valence-corrected chi connectivity index (χ1v) is 4.08. The van der Waals surface area contributed by atoms with Crippen LogP contribution in [-0.2, 0) is 4.57 Å². The molecule has 0 saturated carbocycles. The van der Waals surface area contributed by atoms with E-state index in [-0.39, 0.29) is 0 Å². The molecule has 0 unspecified atom stereocenters. The Morgan fingerprint density at radius 2 is 1.09 bits per heavy atom. The maximum absolute atomic E-state index is 8.88. The first kappa shape index (κ1) is 11.2. The highest BCUT2D eigenvalue weighted by molar-refractivity contribution is 7.45. The second-order valence-corrected chi connectivity index (χ2v) is 2.47. The van der Waals surface area contributed by atoms with Gasteiger partial charge >= 0.3 is 7.82 Å². The van der Waals surface area contributed by atoms with E-state index in [0.717, 1.165) is 0 Å². The van der Waals surface area contributed by atoms with Crippen molar-refractivity contribution >= 4 is 30.5 Å². The van der Waals surface area contributed by atoms with Gasteiger partial charge in [0.05, 0.1) is 0 Å². The van der Waals surface area contributed by atoms with Crippen molar-refractivity contribution in [2.45, 2.75) is 0 Å². The molecule has 0 aromatic rings. The third-order valence-corrected chi connectivity index (χ3v) is 0.500. The van der Waals surface area contributed by atoms with Gasteiger partial charge in [-0.15, -0.1) is 0 Å². The fourth-order valence-electron chi connectivity index (χ4n) is 0.269. The summed E-state index contributed by atoms with van der Waals surface area (Å²) in [7, 11) is 0.517. The van der Waals surface area contributed by atoms with Gasteiger partial charge in [-0.1, -0.05) is 0 Å². The minimum atomic E-state index is -4.64. The second-order valence-electron chi connectivity index (χ2n) is 1.45. The highest BCUT2D eigenvalue weighted by Crippen LogP contribution is 2.25. The standard InChI is InChI=1S/B3H3N3.H3O4P/c1-4-2-6-3-5-1;1-5(2,3)4/h4-6H;(H3,1,2,3,4). The van der Waals surface area contributed by atoms with Gasteiger partial charge in [0.2, 0.25) is 0 Å². The summed E-state index contributed by atoms with van der Waals surface area (Å²) in [5.74, 6) is 0. The summed E-state index contributed by atoms with van der Waals surface area (Å²) in [5, 5.41) is 8.34. The fraction of sp³-hybridized carbons (Fsp3) is 0. The van der Waals surface area contributed by atoms with Gasteiger partial charge in [-0.05, 0) is 0 Å². The molecule has 11 heteroatoms. The molecule has 11 heavy (non-hydrogen) atoms. The van der Waals surface area contributed by atoms with Crippen molar-refractivity contribution in [1.29, 1.82) is 0 Å². The molecule has 1 aliphatic heterocycles. The average molecular weight is 175 g/mol. The molecule has 6 N–H and O–H groups in total. The molecular weight excluding hydrogens is 169 g/mol. The van der Waals surface area contributed by atoms with Crippen molar-refractivity contribution in [3.05, 3.63) is 0 Å². The van der Waals surface area contributed by atoms with Gasteiger partial charge in [-0.25, -0.2) is 4.57 Å². The lowest BCUT2D eigenvalue weighted by molar-refractivity contribution is 0.275. The number of hydrogen-bond donors (Lipinski definition) is 6. The predicted octanol–water partition coefficient (Wildman–Crippen LogP) is -3.56. The predicted molar refractivity (Wildman–Crippen MR) is 40.9 cm³/mol. The van der Waals surface area contributed by atoms with E-state index in [1.54, 1.807) is 22.6 Å². The Hall–Kier alpha value is 0.185. The van der Waals surface area contributed by atoms with Gasteiger partial charge in [-0.3, -0.25) is 0 Å². The van der Waals surface area contributed by atoms with Crippen LogP contribution in [0.1, 0.15) is 0 Å². The molecule has 0 bridgehead atoms. The zero-order chi connectivity index (χ0) is 8.74. The maximum Gasteiger partial charge on any atom is 0.466 e. The second kappa shape index (κ2) is 5.79. The Bertz CT molecular complexity index is 113. The number of rotatable bonds is 0. The Balaban J connectivity index is 0.000000187. The van der Waals surface area contributed by atoms with E-state index in [0.29, 0.717) is 0 Å². The smallest absolute Gasteiger partial charge is 0.379 e. The van der Waals surface area contributed by atoms with Crippen LogP contribution in [0, 0.1) is 0 Å². The van der Waals surface area contributed by atoms with Crippen molar-refractivity contribution in [3.8, 4) is 0 Å². The quantitative estimate of drug-likeness (QED) is 0.167. The summed E-state index contributed by atoms with van der Waals surface area (Å²) in [5.41, 5.74) is 0. The third kappa shape index (κ3) is 17.8. The molecule has 59 valence electrons. The Morgan fingerprint density at radius 1 is 0.909 bits per heavy atom. The highest BCUT2D eigenvalue weighted by Gasteiger charge is 2.00. The van der Waals surface area contributed by atoms with E-state index >= 15 is 0 Å². The molecule has 0 aromatic heterocycles. The molecular formula is H6B3N3O4P. The van der Waals surface area contributed by atoms with Crippen LogP contribution in [0.2, 0.25) is 0 Å². The average Bonchev–Trinajstić information content (AvgIpc) is 1.88. The van der Waals surface area contributed by atoms with Gasteiger partial charge in [-0.2, -0.15) is 0 Å². The summed E-state index contributed by atoms with van der Waals surface area (Å²) in [6.07, 6.45) is 0. The van der Waals surface area contributed by atoms with E-state index in [4.69, 9.17) is 19.2 Å². The van der Waals surface area contributed by atoms with E-state index in [9.17, 15) is 0 Å². The molecule has 7 nitrogen and oxygen atoms in total. The summed E-state index contributed by atoms with van der Waals surface area (Å²) in [6, 6.07) is 0. The first-order chi connectivity index (χ1) is 5.00. The van der Waals surface area contributed by atoms with Gasteiger partial charge < -0.3 is 30.1 Å². The van der Waals surface area contributed by atoms with E-state index in [1.165, 1.54) is 0 Å². The zero-order valence-corrected chi connectivity index (χ0v) is 6.32. The van der Waals surface area contributed by atoms with Gasteiger partial charge in [0, 0.05) is 0 Å². The lowest BCUT2D eigenvalue weighted by Gasteiger charge is -2.07. The maximum atomic E-state index is 8.88. The van der Waals surface area contributed by atoms with E-state index in [1.807, 2.05) is 0 Å². The molecule has 1 saturated heterocycles. The fourth-order valence-corrected chi connectivity index (χ4v) is 0.269. The summed E-state index contributed by atoms with van der Waals surface area (Å²) >= 11 is 0. The Kier molecular flexibility index (Phi) is 5.88. The van der Waals surface area contributed by atoms with Crippen LogP contribution in [0.25, 0.3) is 0 Å². The monoisotopic (exact) mass is 176 g/mol. The lowest BCUT2D eigenvalue weighted by Crippen LogP contribution is -2.55. The van der Waals surface area contributed by atoms with Crippen molar-refractivity contribution < 1.29 is 19.2 Å². The molecule has 0 atom stereocenters. The minimum absolute atomic E-state index is 1.72. The molecule has 0 aliphatic carbocycles. The molecule has 3 radical (unpaired) electrons. The van der Waals surface area contributed by atoms with E-state index in [2.05, 4.69) is 15.4 Å². The van der Waals surface area contributed by atoms with Crippen molar-refractivity contribution in [2.75, 3.05) is 0 Å². The first-order valence-electron chi connectivity index (χ1n) is 2.51. The van der Waals surface area contributed by atoms with E-state index < -0.39 is 7.82 Å². The Labute approximate surface area is 66.1 Å². The summed E-state index contributed by atoms with van der Waals surface area (Å²) < 4.78 is 8.88. The van der Waals surface area contributed by atoms with Crippen molar-refractivity contribution in [2.24, 2.45) is 0 Å². The number of hydrogen-bond acceptors (Lipinski definition) is 4. The lowest BCUT2D eigenvalue weighted by atomic mass is 9.85. The normalized spacial score (nSPS) is 16.3. The van der Waals surface area contributed by atoms with Gasteiger partial charge in [0.1, 0.15) is 0 Å². The molecule has 1 fully saturated rings. The Morgan fingerprint density at radius 3 is 1.18 bits per heavy atom. The SMILES string of the molecule is O=P(O)(O)O.[B]1N[B]N[B]N1. The van der Waals surface area contributed by atoms with Crippen LogP contribution in [0.4, 0.5) is 0 Å². The molecule has 1 aliphatic rings.